The molecule has 0 bridgehead atoms. The van der Waals surface area contributed by atoms with Crippen molar-refractivity contribution in [2.24, 2.45) is 0 Å². The van der Waals surface area contributed by atoms with E-state index in [0.29, 0.717) is 5.82 Å². The van der Waals surface area contributed by atoms with Gasteiger partial charge in [-0.3, -0.25) is 5.32 Å². The van der Waals surface area contributed by atoms with Crippen LogP contribution in [0.2, 0.25) is 0 Å². The highest BCUT2D eigenvalue weighted by atomic mass is 127. The second kappa shape index (κ2) is 6.29. The van der Waals surface area contributed by atoms with Gasteiger partial charge in [0.25, 0.3) is 0 Å². The number of carbonyl (C=O) groups is 1. The standard InChI is InChI=1S/C13H9F3IN3O/c14-13(15,16)8-2-1-3-10(6-8)19-12(21)20-11-5-4-9(17)7-18-11/h1-7H,(H2,18,19,20,21). The Bertz CT molecular complexity index is 644. The van der Waals surface area contributed by atoms with Gasteiger partial charge in [-0.1, -0.05) is 6.07 Å². The molecule has 0 aliphatic rings. The second-order valence-electron chi connectivity index (χ2n) is 4.02. The molecule has 0 atom stereocenters. The topological polar surface area (TPSA) is 54.0 Å². The Balaban J connectivity index is 2.04. The van der Waals surface area contributed by atoms with Crippen LogP contribution in [0.3, 0.4) is 0 Å². The van der Waals surface area contributed by atoms with Crippen LogP contribution in [-0.4, -0.2) is 11.0 Å². The van der Waals surface area contributed by atoms with Crippen LogP contribution in [-0.2, 0) is 6.18 Å². The van der Waals surface area contributed by atoms with E-state index in [-0.39, 0.29) is 5.69 Å². The highest BCUT2D eigenvalue weighted by molar-refractivity contribution is 14.1. The first kappa shape index (κ1) is 15.5. The molecule has 0 aliphatic heterocycles. The number of carbonyl (C=O) groups excluding carboxylic acids is 1. The summed E-state index contributed by atoms with van der Waals surface area (Å²) in [7, 11) is 0. The van der Waals surface area contributed by atoms with Crippen LogP contribution in [0.1, 0.15) is 5.56 Å². The number of nitrogens with one attached hydrogen (secondary N) is 2. The lowest BCUT2D eigenvalue weighted by Gasteiger charge is -2.10. The van der Waals surface area contributed by atoms with Gasteiger partial charge in [0, 0.05) is 15.5 Å². The van der Waals surface area contributed by atoms with E-state index >= 15 is 0 Å². The summed E-state index contributed by atoms with van der Waals surface area (Å²) in [4.78, 5) is 15.6. The Morgan fingerprint density at radius 1 is 1.14 bits per heavy atom. The summed E-state index contributed by atoms with van der Waals surface area (Å²) in [5.41, 5.74) is -0.777. The molecule has 0 aliphatic carbocycles. The van der Waals surface area contributed by atoms with Gasteiger partial charge in [-0.15, -0.1) is 0 Å². The summed E-state index contributed by atoms with van der Waals surface area (Å²) in [5.74, 6) is 0.305. The molecule has 110 valence electrons. The number of aromatic nitrogens is 1. The second-order valence-corrected chi connectivity index (χ2v) is 5.26. The number of hydrogen-bond donors (Lipinski definition) is 2. The Labute approximate surface area is 131 Å². The normalized spacial score (nSPS) is 11.0. The van der Waals surface area contributed by atoms with Crippen LogP contribution in [0, 0.1) is 3.57 Å². The molecule has 2 aromatic rings. The van der Waals surface area contributed by atoms with E-state index in [1.54, 1.807) is 18.3 Å². The molecule has 2 amide bonds. The first-order valence-corrected chi connectivity index (χ1v) is 6.79. The summed E-state index contributed by atoms with van der Waals surface area (Å²) in [6, 6.07) is 7.06. The van der Waals surface area contributed by atoms with Crippen molar-refractivity contribution in [1.82, 2.24) is 4.98 Å². The molecular formula is C13H9F3IN3O. The molecule has 4 nitrogen and oxygen atoms in total. The Morgan fingerprint density at radius 2 is 1.90 bits per heavy atom. The number of amides is 2. The molecule has 0 fully saturated rings. The van der Waals surface area contributed by atoms with Crippen LogP contribution >= 0.6 is 22.6 Å². The fourth-order valence-electron chi connectivity index (χ4n) is 1.50. The Morgan fingerprint density at radius 3 is 2.52 bits per heavy atom. The number of halogens is 4. The third-order valence-corrected chi connectivity index (χ3v) is 3.05. The molecule has 0 spiro atoms. The van der Waals surface area contributed by atoms with Crippen LogP contribution in [0.25, 0.3) is 0 Å². The number of hydrogen-bond acceptors (Lipinski definition) is 2. The van der Waals surface area contributed by atoms with Gasteiger partial charge in [-0.05, 0) is 52.9 Å². The highest BCUT2D eigenvalue weighted by Crippen LogP contribution is 2.30. The smallest absolute Gasteiger partial charge is 0.308 e. The average molecular weight is 407 g/mol. The number of urea groups is 1. The van der Waals surface area contributed by atoms with Crippen molar-refractivity contribution in [2.45, 2.75) is 6.18 Å². The van der Waals surface area contributed by atoms with Crippen molar-refractivity contribution in [2.75, 3.05) is 10.6 Å². The number of nitrogens with zero attached hydrogens (tertiary/aromatic N) is 1. The lowest BCUT2D eigenvalue weighted by atomic mass is 10.2. The summed E-state index contributed by atoms with van der Waals surface area (Å²) < 4.78 is 38.6. The number of pyridine rings is 1. The minimum atomic E-state index is -4.45. The molecule has 2 N–H and O–H groups in total. The summed E-state index contributed by atoms with van der Waals surface area (Å²) in [6.07, 6.45) is -2.90. The molecule has 2 rings (SSSR count). The quantitative estimate of drug-likeness (QED) is 0.728. The first-order chi connectivity index (χ1) is 9.84. The molecule has 1 heterocycles. The van der Waals surface area contributed by atoms with Crippen LogP contribution in [0.4, 0.5) is 29.5 Å². The molecule has 0 unspecified atom stereocenters. The van der Waals surface area contributed by atoms with Crippen molar-refractivity contribution in [3.8, 4) is 0 Å². The first-order valence-electron chi connectivity index (χ1n) is 5.71. The molecule has 1 aromatic heterocycles. The van der Waals surface area contributed by atoms with Gasteiger partial charge in [0.2, 0.25) is 0 Å². The van der Waals surface area contributed by atoms with Crippen LogP contribution in [0.5, 0.6) is 0 Å². The van der Waals surface area contributed by atoms with Gasteiger partial charge < -0.3 is 5.32 Å². The maximum Gasteiger partial charge on any atom is 0.416 e. The number of benzene rings is 1. The average Bonchev–Trinajstić information content (AvgIpc) is 2.41. The molecule has 8 heteroatoms. The van der Waals surface area contributed by atoms with E-state index in [1.165, 1.54) is 12.1 Å². The molecular weight excluding hydrogens is 398 g/mol. The third kappa shape index (κ3) is 4.59. The lowest BCUT2D eigenvalue weighted by molar-refractivity contribution is -0.137. The van der Waals surface area contributed by atoms with E-state index < -0.39 is 17.8 Å². The van der Waals surface area contributed by atoms with Gasteiger partial charge in [0.1, 0.15) is 5.82 Å². The summed E-state index contributed by atoms with van der Waals surface area (Å²) >= 11 is 2.06. The van der Waals surface area contributed by atoms with E-state index in [0.717, 1.165) is 15.7 Å². The van der Waals surface area contributed by atoms with Crippen molar-refractivity contribution < 1.29 is 18.0 Å². The zero-order chi connectivity index (χ0) is 15.5. The summed E-state index contributed by atoms with van der Waals surface area (Å²) in [5, 5.41) is 4.76. The van der Waals surface area contributed by atoms with E-state index in [9.17, 15) is 18.0 Å². The van der Waals surface area contributed by atoms with E-state index in [4.69, 9.17) is 0 Å². The van der Waals surface area contributed by atoms with Crippen molar-refractivity contribution >= 4 is 40.1 Å². The van der Waals surface area contributed by atoms with E-state index in [1.807, 2.05) is 0 Å². The molecule has 0 radical (unpaired) electrons. The zero-order valence-corrected chi connectivity index (χ0v) is 12.6. The third-order valence-electron chi connectivity index (χ3n) is 2.42. The summed E-state index contributed by atoms with van der Waals surface area (Å²) in [6.45, 7) is 0. The van der Waals surface area contributed by atoms with Crippen molar-refractivity contribution in [3.63, 3.8) is 0 Å². The van der Waals surface area contributed by atoms with Crippen LogP contribution < -0.4 is 10.6 Å². The molecule has 1 aromatic carbocycles. The van der Waals surface area contributed by atoms with Gasteiger partial charge >= 0.3 is 12.2 Å². The van der Waals surface area contributed by atoms with Crippen LogP contribution in [0.15, 0.2) is 42.6 Å². The predicted molar refractivity (Wildman–Crippen MR) is 81.0 cm³/mol. The largest absolute Gasteiger partial charge is 0.416 e. The molecule has 0 saturated carbocycles. The minimum Gasteiger partial charge on any atom is -0.308 e. The molecule has 0 saturated heterocycles. The fraction of sp³-hybridized carbons (Fsp3) is 0.0769. The van der Waals surface area contributed by atoms with Crippen molar-refractivity contribution in [3.05, 3.63) is 51.7 Å². The van der Waals surface area contributed by atoms with Crippen molar-refractivity contribution in [1.29, 1.82) is 0 Å². The maximum atomic E-state index is 12.6. The number of rotatable bonds is 2. The highest BCUT2D eigenvalue weighted by Gasteiger charge is 2.30. The van der Waals surface area contributed by atoms with Gasteiger partial charge in [0.15, 0.2) is 0 Å². The lowest BCUT2D eigenvalue weighted by Crippen LogP contribution is -2.20. The van der Waals surface area contributed by atoms with Gasteiger partial charge in [-0.2, -0.15) is 13.2 Å². The number of anilines is 2. The van der Waals surface area contributed by atoms with E-state index in [2.05, 4.69) is 38.2 Å². The Kier molecular flexibility index (Phi) is 4.66. The maximum absolute atomic E-state index is 12.6. The minimum absolute atomic E-state index is 0.0489. The number of alkyl halides is 3. The Hall–Kier alpha value is -1.84. The van der Waals surface area contributed by atoms with Gasteiger partial charge in [0.05, 0.1) is 5.56 Å². The monoisotopic (exact) mass is 407 g/mol. The SMILES string of the molecule is O=C(Nc1cccc(C(F)(F)F)c1)Nc1ccc(I)cn1. The zero-order valence-electron chi connectivity index (χ0n) is 10.4. The molecule has 21 heavy (non-hydrogen) atoms. The fourth-order valence-corrected chi connectivity index (χ4v) is 1.82. The predicted octanol–water partition coefficient (Wildman–Crippen LogP) is 4.35. The van der Waals surface area contributed by atoms with Gasteiger partial charge in [-0.25, -0.2) is 9.78 Å².